The van der Waals surface area contributed by atoms with Crippen molar-refractivity contribution in [1.82, 2.24) is 15.0 Å². The monoisotopic (exact) mass is 203 g/mol. The molecule has 0 aliphatic carbocycles. The Hall–Kier alpha value is -2.17. The predicted octanol–water partition coefficient (Wildman–Crippen LogP) is 0.434. The van der Waals surface area contributed by atoms with Crippen LogP contribution in [0.5, 0.6) is 0 Å². The second-order valence-corrected chi connectivity index (χ2v) is 3.15. The molecular weight excluding hydrogens is 194 g/mol. The molecule has 0 amide bonds. The summed E-state index contributed by atoms with van der Waals surface area (Å²) in [5.74, 6) is 0. The first-order valence-corrected chi connectivity index (χ1v) is 4.43. The second kappa shape index (κ2) is 3.53. The Labute approximate surface area is 84.8 Å². The van der Waals surface area contributed by atoms with Crippen LogP contribution in [0.4, 0.5) is 0 Å². The molecule has 0 saturated heterocycles. The third-order valence-corrected chi connectivity index (χ3v) is 1.98. The van der Waals surface area contributed by atoms with Crippen LogP contribution in [-0.2, 0) is 0 Å². The fourth-order valence-electron chi connectivity index (χ4n) is 1.29. The minimum Gasteiger partial charge on any atom is -0.313 e. The van der Waals surface area contributed by atoms with Gasteiger partial charge in [-0.25, -0.2) is 4.79 Å². The van der Waals surface area contributed by atoms with Crippen molar-refractivity contribution in [1.29, 1.82) is 0 Å². The van der Waals surface area contributed by atoms with Gasteiger partial charge in [-0.05, 0) is 19.1 Å². The third-order valence-electron chi connectivity index (χ3n) is 1.98. The molecule has 76 valence electrons. The Morgan fingerprint density at radius 2 is 2.07 bits per heavy atom. The van der Waals surface area contributed by atoms with E-state index in [0.29, 0.717) is 11.3 Å². The zero-order chi connectivity index (χ0) is 10.8. The number of nitrogens with one attached hydrogen (secondary N) is 2. The van der Waals surface area contributed by atoms with Crippen molar-refractivity contribution in [3.63, 3.8) is 0 Å². The number of hydrogen-bond donors (Lipinski definition) is 2. The molecule has 2 heterocycles. The van der Waals surface area contributed by atoms with Crippen molar-refractivity contribution in [3.05, 3.63) is 50.9 Å². The smallest absolute Gasteiger partial charge is 0.313 e. The molecule has 0 radical (unpaired) electrons. The van der Waals surface area contributed by atoms with Crippen LogP contribution in [0.3, 0.4) is 0 Å². The van der Waals surface area contributed by atoms with Crippen LogP contribution >= 0.6 is 0 Å². The van der Waals surface area contributed by atoms with Crippen LogP contribution in [-0.4, -0.2) is 15.0 Å². The molecule has 0 saturated carbocycles. The van der Waals surface area contributed by atoms with Gasteiger partial charge >= 0.3 is 5.69 Å². The highest BCUT2D eigenvalue weighted by Gasteiger charge is 2.04. The summed E-state index contributed by atoms with van der Waals surface area (Å²) in [6, 6.07) is 5.36. The van der Waals surface area contributed by atoms with Gasteiger partial charge in [-0.1, -0.05) is 6.07 Å². The maximum Gasteiger partial charge on any atom is 0.325 e. The summed E-state index contributed by atoms with van der Waals surface area (Å²) in [5.41, 5.74) is 0.775. The van der Waals surface area contributed by atoms with E-state index in [4.69, 9.17) is 0 Å². The molecule has 0 unspecified atom stereocenters. The first-order valence-electron chi connectivity index (χ1n) is 4.43. The van der Waals surface area contributed by atoms with Crippen molar-refractivity contribution >= 4 is 0 Å². The number of rotatable bonds is 1. The Kier molecular flexibility index (Phi) is 2.21. The number of aromatic amines is 2. The summed E-state index contributed by atoms with van der Waals surface area (Å²) >= 11 is 0. The largest absolute Gasteiger partial charge is 0.325 e. The van der Waals surface area contributed by atoms with Gasteiger partial charge in [0.15, 0.2) is 0 Å². The maximum atomic E-state index is 11.4. The van der Waals surface area contributed by atoms with Gasteiger partial charge in [0.2, 0.25) is 0 Å². The number of hydrogen-bond acceptors (Lipinski definition) is 3. The molecule has 0 fully saturated rings. The summed E-state index contributed by atoms with van der Waals surface area (Å²) in [4.78, 5) is 31.0. The standard InChI is InChI=1S/C10H9N3O2/c1-6-3-2-4-8(12-6)7-5-11-10(15)13-9(7)14/h2-5H,1H3,(H2,11,13,14,15). The molecule has 0 aliphatic rings. The summed E-state index contributed by atoms with van der Waals surface area (Å²) in [7, 11) is 0. The van der Waals surface area contributed by atoms with Gasteiger partial charge in [0.25, 0.3) is 5.56 Å². The normalized spacial score (nSPS) is 10.2. The molecule has 2 aromatic rings. The minimum absolute atomic E-state index is 0.360. The Morgan fingerprint density at radius 1 is 1.27 bits per heavy atom. The van der Waals surface area contributed by atoms with E-state index in [1.807, 2.05) is 19.1 Å². The lowest BCUT2D eigenvalue weighted by molar-refractivity contribution is 1.03. The van der Waals surface area contributed by atoms with Gasteiger partial charge in [-0.15, -0.1) is 0 Å². The van der Waals surface area contributed by atoms with Crippen molar-refractivity contribution in [2.45, 2.75) is 6.92 Å². The van der Waals surface area contributed by atoms with Crippen LogP contribution in [0.25, 0.3) is 11.3 Å². The van der Waals surface area contributed by atoms with E-state index >= 15 is 0 Å². The first-order chi connectivity index (χ1) is 7.16. The first kappa shape index (κ1) is 9.39. The number of H-pyrrole nitrogens is 2. The zero-order valence-corrected chi connectivity index (χ0v) is 8.07. The Balaban J connectivity index is 2.64. The summed E-state index contributed by atoms with van der Waals surface area (Å²) < 4.78 is 0. The molecule has 2 N–H and O–H groups in total. The summed E-state index contributed by atoms with van der Waals surface area (Å²) in [6.45, 7) is 1.84. The van der Waals surface area contributed by atoms with Crippen molar-refractivity contribution in [3.8, 4) is 11.3 Å². The molecule has 2 aromatic heterocycles. The van der Waals surface area contributed by atoms with Crippen LogP contribution in [0.2, 0.25) is 0 Å². The molecule has 5 heteroatoms. The molecular formula is C10H9N3O2. The van der Waals surface area contributed by atoms with E-state index in [1.54, 1.807) is 6.07 Å². The lowest BCUT2D eigenvalue weighted by Crippen LogP contribution is -2.22. The van der Waals surface area contributed by atoms with E-state index < -0.39 is 11.2 Å². The predicted molar refractivity (Wildman–Crippen MR) is 55.7 cm³/mol. The van der Waals surface area contributed by atoms with Gasteiger partial charge in [0.1, 0.15) is 0 Å². The highest BCUT2D eigenvalue weighted by Crippen LogP contribution is 2.09. The lowest BCUT2D eigenvalue weighted by Gasteiger charge is -1.99. The third kappa shape index (κ3) is 1.85. The molecule has 0 spiro atoms. The maximum absolute atomic E-state index is 11.4. The fourth-order valence-corrected chi connectivity index (χ4v) is 1.29. The summed E-state index contributed by atoms with van der Waals surface area (Å²) in [6.07, 6.45) is 1.36. The number of aryl methyl sites for hydroxylation is 1. The Bertz CT molecular complexity index is 598. The van der Waals surface area contributed by atoms with Crippen LogP contribution in [0, 0.1) is 6.92 Å². The van der Waals surface area contributed by atoms with Crippen LogP contribution in [0.1, 0.15) is 5.69 Å². The summed E-state index contributed by atoms with van der Waals surface area (Å²) in [5, 5.41) is 0. The minimum atomic E-state index is -0.517. The van der Waals surface area contributed by atoms with E-state index in [-0.39, 0.29) is 0 Å². The van der Waals surface area contributed by atoms with Crippen molar-refractivity contribution in [2.24, 2.45) is 0 Å². The average Bonchev–Trinajstić information content (AvgIpc) is 2.17. The van der Waals surface area contributed by atoms with Crippen molar-refractivity contribution in [2.75, 3.05) is 0 Å². The van der Waals surface area contributed by atoms with E-state index in [2.05, 4.69) is 15.0 Å². The molecule has 0 atom stereocenters. The van der Waals surface area contributed by atoms with E-state index in [9.17, 15) is 9.59 Å². The van der Waals surface area contributed by atoms with E-state index in [1.165, 1.54) is 6.20 Å². The SMILES string of the molecule is Cc1cccc(-c2c[nH]c(=O)[nH]c2=O)n1. The molecule has 5 nitrogen and oxygen atoms in total. The Morgan fingerprint density at radius 3 is 2.73 bits per heavy atom. The van der Waals surface area contributed by atoms with Gasteiger partial charge in [0.05, 0.1) is 11.3 Å². The molecule has 0 aliphatic heterocycles. The second-order valence-electron chi connectivity index (χ2n) is 3.15. The van der Waals surface area contributed by atoms with Crippen LogP contribution in [0.15, 0.2) is 34.0 Å². The van der Waals surface area contributed by atoms with Crippen LogP contribution < -0.4 is 11.2 Å². The fraction of sp³-hybridized carbons (Fsp3) is 0.100. The quantitative estimate of drug-likeness (QED) is 0.705. The van der Waals surface area contributed by atoms with Gasteiger partial charge in [-0.2, -0.15) is 0 Å². The lowest BCUT2D eigenvalue weighted by atomic mass is 10.2. The van der Waals surface area contributed by atoms with Gasteiger partial charge < -0.3 is 4.98 Å². The molecule has 15 heavy (non-hydrogen) atoms. The molecule has 0 aromatic carbocycles. The average molecular weight is 203 g/mol. The topological polar surface area (TPSA) is 78.6 Å². The van der Waals surface area contributed by atoms with Gasteiger partial charge in [0, 0.05) is 11.9 Å². The van der Waals surface area contributed by atoms with E-state index in [0.717, 1.165) is 5.69 Å². The van der Waals surface area contributed by atoms with Gasteiger partial charge in [-0.3, -0.25) is 14.8 Å². The number of pyridine rings is 1. The zero-order valence-electron chi connectivity index (χ0n) is 8.07. The molecule has 2 rings (SSSR count). The highest BCUT2D eigenvalue weighted by atomic mass is 16.2. The highest BCUT2D eigenvalue weighted by molar-refractivity contribution is 5.56. The number of aromatic nitrogens is 3. The molecule has 0 bridgehead atoms. The van der Waals surface area contributed by atoms with Crippen molar-refractivity contribution < 1.29 is 0 Å². The number of nitrogens with zero attached hydrogens (tertiary/aromatic N) is 1.